The van der Waals surface area contributed by atoms with Crippen LogP contribution in [-0.4, -0.2) is 43.7 Å². The van der Waals surface area contributed by atoms with Gasteiger partial charge in [0.1, 0.15) is 24.8 Å². The average molecular weight is 358 g/mol. The van der Waals surface area contributed by atoms with Crippen molar-refractivity contribution >= 4 is 17.4 Å². The monoisotopic (exact) mass is 358 g/mol. The van der Waals surface area contributed by atoms with E-state index in [9.17, 15) is 14.9 Å². The van der Waals surface area contributed by atoms with Crippen LogP contribution in [-0.2, 0) is 19.1 Å². The molecule has 0 spiro atoms. The lowest BCUT2D eigenvalue weighted by atomic mass is 10.1. The zero-order chi connectivity index (χ0) is 19.6. The predicted molar refractivity (Wildman–Crippen MR) is 99.7 cm³/mol. The summed E-state index contributed by atoms with van der Waals surface area (Å²) in [6.07, 6.45) is 1.51. The number of benzene rings is 1. The van der Waals surface area contributed by atoms with Crippen molar-refractivity contribution in [1.82, 2.24) is 0 Å². The number of para-hydroxylation sites is 1. The van der Waals surface area contributed by atoms with Crippen LogP contribution in [0.3, 0.4) is 0 Å². The summed E-state index contributed by atoms with van der Waals surface area (Å²) in [5.41, 5.74) is 0.230. The molecule has 1 aromatic carbocycles. The molecule has 0 aliphatic heterocycles. The standard InChI is InChI=1S/C20H26N2O4/c1-5-25-15-18(23)16(13-21)11-12-22(17-9-7-6-8-10-17)14-19(24)26-20(2,3)4/h6-11H,5,12,14-15H2,1-4H3/b16-11-. The number of esters is 1. The molecule has 0 aromatic heterocycles. The molecule has 0 saturated carbocycles. The number of Topliss-reactive ketones (excluding diaryl/α,β-unsaturated/α-hetero) is 1. The normalized spacial score (nSPS) is 11.6. The molecule has 26 heavy (non-hydrogen) atoms. The minimum Gasteiger partial charge on any atom is -0.459 e. The van der Waals surface area contributed by atoms with Gasteiger partial charge >= 0.3 is 5.97 Å². The number of carbonyl (C=O) groups is 2. The van der Waals surface area contributed by atoms with Gasteiger partial charge in [-0.25, -0.2) is 0 Å². The number of ketones is 1. The van der Waals surface area contributed by atoms with Crippen LogP contribution in [0.1, 0.15) is 27.7 Å². The number of anilines is 1. The van der Waals surface area contributed by atoms with Gasteiger partial charge in [0.05, 0.1) is 5.57 Å². The largest absolute Gasteiger partial charge is 0.459 e. The van der Waals surface area contributed by atoms with Crippen LogP contribution in [0.25, 0.3) is 0 Å². The molecule has 0 atom stereocenters. The van der Waals surface area contributed by atoms with Gasteiger partial charge in [-0.05, 0) is 45.9 Å². The Balaban J connectivity index is 2.92. The Morgan fingerprint density at radius 3 is 2.42 bits per heavy atom. The first-order valence-electron chi connectivity index (χ1n) is 8.50. The second-order valence-corrected chi connectivity index (χ2v) is 6.59. The number of ether oxygens (including phenoxy) is 2. The van der Waals surface area contributed by atoms with Crippen molar-refractivity contribution in [2.75, 3.05) is 31.2 Å². The van der Waals surface area contributed by atoms with Crippen molar-refractivity contribution in [3.05, 3.63) is 42.0 Å². The molecule has 1 rings (SSSR count). The second kappa shape index (κ2) is 10.4. The molecule has 6 nitrogen and oxygen atoms in total. The summed E-state index contributed by atoms with van der Waals surface area (Å²) >= 11 is 0. The summed E-state index contributed by atoms with van der Waals surface area (Å²) in [5.74, 6) is -0.756. The zero-order valence-electron chi connectivity index (χ0n) is 15.8. The van der Waals surface area contributed by atoms with Crippen LogP contribution >= 0.6 is 0 Å². The maximum absolute atomic E-state index is 12.2. The fourth-order valence-electron chi connectivity index (χ4n) is 2.13. The highest BCUT2D eigenvalue weighted by Gasteiger charge is 2.19. The molecule has 140 valence electrons. The van der Waals surface area contributed by atoms with E-state index in [1.807, 2.05) is 36.4 Å². The summed E-state index contributed by atoms with van der Waals surface area (Å²) in [6, 6.07) is 11.2. The van der Waals surface area contributed by atoms with Gasteiger partial charge in [-0.2, -0.15) is 5.26 Å². The van der Waals surface area contributed by atoms with E-state index in [1.165, 1.54) is 6.08 Å². The molecule has 6 heteroatoms. The van der Waals surface area contributed by atoms with Crippen LogP contribution in [0.5, 0.6) is 0 Å². The fraction of sp³-hybridized carbons (Fsp3) is 0.450. The van der Waals surface area contributed by atoms with E-state index in [0.29, 0.717) is 6.61 Å². The van der Waals surface area contributed by atoms with Gasteiger partial charge in [0.15, 0.2) is 5.78 Å². The number of nitrogens with zero attached hydrogens (tertiary/aromatic N) is 2. The van der Waals surface area contributed by atoms with E-state index in [1.54, 1.807) is 32.6 Å². The van der Waals surface area contributed by atoms with Gasteiger partial charge in [-0.15, -0.1) is 0 Å². The molecule has 0 fully saturated rings. The molecule has 0 unspecified atom stereocenters. The third-order valence-electron chi connectivity index (χ3n) is 3.24. The lowest BCUT2D eigenvalue weighted by molar-refractivity contribution is -0.153. The molecule has 0 heterocycles. The van der Waals surface area contributed by atoms with E-state index in [2.05, 4.69) is 0 Å². The lowest BCUT2D eigenvalue weighted by Gasteiger charge is -2.25. The maximum atomic E-state index is 12.2. The van der Waals surface area contributed by atoms with Gasteiger partial charge in [0.2, 0.25) is 0 Å². The minimum absolute atomic E-state index is 0.0101. The summed E-state index contributed by atoms with van der Waals surface area (Å²) < 4.78 is 10.4. The summed E-state index contributed by atoms with van der Waals surface area (Å²) in [7, 11) is 0. The molecule has 0 amide bonds. The van der Waals surface area contributed by atoms with E-state index < -0.39 is 5.60 Å². The highest BCUT2D eigenvalue weighted by atomic mass is 16.6. The Kier molecular flexibility index (Phi) is 8.53. The number of nitriles is 1. The molecule has 0 N–H and O–H groups in total. The molecular formula is C20H26N2O4. The van der Waals surface area contributed by atoms with E-state index >= 15 is 0 Å². The van der Waals surface area contributed by atoms with Crippen LogP contribution < -0.4 is 4.90 Å². The van der Waals surface area contributed by atoms with E-state index in [-0.39, 0.29) is 37.0 Å². The maximum Gasteiger partial charge on any atom is 0.326 e. The van der Waals surface area contributed by atoms with Crippen LogP contribution in [0, 0.1) is 11.3 Å². The van der Waals surface area contributed by atoms with Crippen LogP contribution in [0.15, 0.2) is 42.0 Å². The molecule has 0 aliphatic rings. The van der Waals surface area contributed by atoms with Crippen LogP contribution in [0.4, 0.5) is 5.69 Å². The first-order chi connectivity index (χ1) is 12.3. The Hall–Kier alpha value is -2.65. The van der Waals surface area contributed by atoms with Crippen molar-refractivity contribution in [1.29, 1.82) is 5.26 Å². The molecule has 0 saturated heterocycles. The van der Waals surface area contributed by atoms with E-state index in [0.717, 1.165) is 5.69 Å². The van der Waals surface area contributed by atoms with E-state index in [4.69, 9.17) is 9.47 Å². The van der Waals surface area contributed by atoms with Crippen LogP contribution in [0.2, 0.25) is 0 Å². The third-order valence-corrected chi connectivity index (χ3v) is 3.24. The van der Waals surface area contributed by atoms with Gasteiger partial charge < -0.3 is 14.4 Å². The van der Waals surface area contributed by atoms with Crippen molar-refractivity contribution in [3.63, 3.8) is 0 Å². The van der Waals surface area contributed by atoms with Crippen molar-refractivity contribution in [2.24, 2.45) is 0 Å². The lowest BCUT2D eigenvalue weighted by Crippen LogP contribution is -2.35. The summed E-state index contributed by atoms with van der Waals surface area (Å²) in [4.78, 5) is 25.9. The molecule has 0 radical (unpaired) electrons. The highest BCUT2D eigenvalue weighted by Crippen LogP contribution is 2.15. The molecule has 0 aliphatic carbocycles. The SMILES string of the molecule is CCOCC(=O)/C(C#N)=C\CN(CC(=O)OC(C)(C)C)c1ccccc1. The number of carbonyl (C=O) groups excluding carboxylic acids is 2. The van der Waals surface area contributed by atoms with Crippen molar-refractivity contribution in [2.45, 2.75) is 33.3 Å². The second-order valence-electron chi connectivity index (χ2n) is 6.59. The number of hydrogen-bond acceptors (Lipinski definition) is 6. The molecular weight excluding hydrogens is 332 g/mol. The number of rotatable bonds is 9. The minimum atomic E-state index is -0.583. The number of hydrogen-bond donors (Lipinski definition) is 0. The highest BCUT2D eigenvalue weighted by molar-refractivity contribution is 6.00. The third kappa shape index (κ3) is 7.95. The van der Waals surface area contributed by atoms with Gasteiger partial charge in [0.25, 0.3) is 0 Å². The molecule has 1 aromatic rings. The Labute approximate surface area is 155 Å². The Bertz CT molecular complexity index is 669. The zero-order valence-corrected chi connectivity index (χ0v) is 15.8. The topological polar surface area (TPSA) is 79.6 Å². The Morgan fingerprint density at radius 2 is 1.88 bits per heavy atom. The quantitative estimate of drug-likeness (QED) is 0.384. The van der Waals surface area contributed by atoms with Gasteiger partial charge in [-0.3, -0.25) is 9.59 Å². The summed E-state index contributed by atoms with van der Waals surface area (Å²) in [5, 5.41) is 9.21. The van der Waals surface area contributed by atoms with Crippen molar-refractivity contribution in [3.8, 4) is 6.07 Å². The van der Waals surface area contributed by atoms with Gasteiger partial charge in [0, 0.05) is 18.8 Å². The smallest absolute Gasteiger partial charge is 0.326 e. The van der Waals surface area contributed by atoms with Gasteiger partial charge in [-0.1, -0.05) is 18.2 Å². The predicted octanol–water partition coefficient (Wildman–Crippen LogP) is 2.89. The first-order valence-corrected chi connectivity index (χ1v) is 8.50. The fourth-order valence-corrected chi connectivity index (χ4v) is 2.13. The first kappa shape index (κ1) is 21.4. The Morgan fingerprint density at radius 1 is 1.23 bits per heavy atom. The van der Waals surface area contributed by atoms with Crippen molar-refractivity contribution < 1.29 is 19.1 Å². The molecule has 0 bridgehead atoms. The summed E-state index contributed by atoms with van der Waals surface area (Å²) in [6.45, 7) is 7.70. The average Bonchev–Trinajstić information content (AvgIpc) is 2.58.